The summed E-state index contributed by atoms with van der Waals surface area (Å²) in [5.41, 5.74) is 0. The van der Waals surface area contributed by atoms with Gasteiger partial charge in [-0.3, -0.25) is 0 Å². The van der Waals surface area contributed by atoms with Crippen molar-refractivity contribution in [3.05, 3.63) is 24.7 Å². The molecule has 0 saturated carbocycles. The lowest BCUT2D eigenvalue weighted by molar-refractivity contribution is 0.186. The van der Waals surface area contributed by atoms with Crippen molar-refractivity contribution in [1.29, 1.82) is 0 Å². The van der Waals surface area contributed by atoms with Crippen LogP contribution in [0.2, 0.25) is 0 Å². The Morgan fingerprint density at radius 3 is 1.56 bits per heavy atom. The van der Waals surface area contributed by atoms with E-state index in [9.17, 15) is 0 Å². The zero-order chi connectivity index (χ0) is 6.95. The highest BCUT2D eigenvalue weighted by Crippen LogP contribution is 1.79. The molecule has 0 amide bonds. The van der Waals surface area contributed by atoms with E-state index in [1.165, 1.54) is 0 Å². The molecule has 0 unspecified atom stereocenters. The fourth-order valence-corrected chi connectivity index (χ4v) is 0.227. The first-order chi connectivity index (χ1) is 4.41. The molecule has 0 saturated heterocycles. The maximum Gasteiger partial charge on any atom is 0.0902 e. The van der Waals surface area contributed by atoms with Crippen LogP contribution in [-0.2, 0) is 0 Å². The molecule has 3 nitrogen and oxygen atoms in total. The maximum atomic E-state index is 7.62. The van der Waals surface area contributed by atoms with Gasteiger partial charge in [0.15, 0.2) is 0 Å². The van der Waals surface area contributed by atoms with E-state index in [1.54, 1.807) is 12.5 Å². The van der Waals surface area contributed by atoms with Crippen LogP contribution in [0.25, 0.3) is 0 Å². The highest BCUT2D eigenvalue weighted by atomic mass is 16.3. The van der Waals surface area contributed by atoms with Gasteiger partial charge in [-0.15, -0.1) is 0 Å². The van der Waals surface area contributed by atoms with Crippen LogP contribution >= 0.6 is 0 Å². The van der Waals surface area contributed by atoms with Crippen LogP contribution in [-0.4, -0.2) is 23.4 Å². The van der Waals surface area contributed by atoms with E-state index >= 15 is 0 Å². The number of aliphatic hydroxyl groups is 2. The van der Waals surface area contributed by atoms with E-state index in [4.69, 9.17) is 10.2 Å². The topological polar surface area (TPSA) is 53.6 Å². The minimum absolute atomic E-state index is 0.125. The molecule has 0 spiro atoms. The van der Waals surface area contributed by atoms with Crippen LogP contribution in [0.4, 0.5) is 0 Å². The first kappa shape index (κ1) is 8.20. The summed E-state index contributed by atoms with van der Waals surface area (Å²) in [7, 11) is 0. The molecule has 0 radical (unpaired) electrons. The summed E-state index contributed by atoms with van der Waals surface area (Å²) in [5.74, 6) is 0. The third kappa shape index (κ3) is 7.20. The largest absolute Gasteiger partial charge is 0.473 e. The lowest BCUT2D eigenvalue weighted by atomic mass is 10.7. The van der Waals surface area contributed by atoms with Gasteiger partial charge in [-0.25, -0.2) is 0 Å². The Hall–Kier alpha value is -0.800. The van der Waals surface area contributed by atoms with Crippen molar-refractivity contribution < 1.29 is 14.6 Å². The summed E-state index contributed by atoms with van der Waals surface area (Å²) in [5, 5.41) is 15.2. The predicted octanol–water partition coefficient (Wildman–Crippen LogP) is 0.251. The average Bonchev–Trinajstić information content (AvgIpc) is 2.43. The Morgan fingerprint density at radius 1 is 1.00 bits per heavy atom. The SMILES string of the molecule is OCCO.c1ccoc1. The second-order valence-corrected chi connectivity index (χ2v) is 1.24. The highest BCUT2D eigenvalue weighted by Gasteiger charge is 1.59. The third-order valence-corrected chi connectivity index (χ3v) is 0.525. The van der Waals surface area contributed by atoms with Crippen LogP contribution in [0.3, 0.4) is 0 Å². The second kappa shape index (κ2) is 7.20. The van der Waals surface area contributed by atoms with Crippen LogP contribution in [0.1, 0.15) is 0 Å². The predicted molar refractivity (Wildman–Crippen MR) is 32.9 cm³/mol. The van der Waals surface area contributed by atoms with Crippen LogP contribution in [0, 0.1) is 0 Å². The van der Waals surface area contributed by atoms with Gasteiger partial charge in [0.1, 0.15) is 0 Å². The molecule has 1 heterocycles. The molecule has 0 fully saturated rings. The molecule has 52 valence electrons. The van der Waals surface area contributed by atoms with Crippen molar-refractivity contribution in [2.75, 3.05) is 13.2 Å². The molecule has 0 aliphatic heterocycles. The monoisotopic (exact) mass is 130 g/mol. The molecule has 1 aromatic rings. The molecule has 0 bridgehead atoms. The first-order valence-corrected chi connectivity index (χ1v) is 2.60. The number of rotatable bonds is 1. The van der Waals surface area contributed by atoms with Gasteiger partial charge in [0.05, 0.1) is 25.7 Å². The van der Waals surface area contributed by atoms with E-state index in [0.717, 1.165) is 0 Å². The van der Waals surface area contributed by atoms with Gasteiger partial charge in [0.2, 0.25) is 0 Å². The Labute approximate surface area is 53.5 Å². The maximum absolute atomic E-state index is 7.62. The molecule has 0 aromatic carbocycles. The molecule has 3 heteroatoms. The van der Waals surface area contributed by atoms with Crippen molar-refractivity contribution >= 4 is 0 Å². The quantitative estimate of drug-likeness (QED) is 0.573. The molecule has 0 atom stereocenters. The summed E-state index contributed by atoms with van der Waals surface area (Å²) in [6, 6.07) is 3.67. The molecule has 1 aromatic heterocycles. The van der Waals surface area contributed by atoms with E-state index in [1.807, 2.05) is 12.1 Å². The van der Waals surface area contributed by atoms with Gasteiger partial charge >= 0.3 is 0 Å². The average molecular weight is 130 g/mol. The third-order valence-electron chi connectivity index (χ3n) is 0.525. The lowest BCUT2D eigenvalue weighted by Crippen LogP contribution is -1.85. The Morgan fingerprint density at radius 2 is 1.44 bits per heavy atom. The highest BCUT2D eigenvalue weighted by molar-refractivity contribution is 4.79. The minimum Gasteiger partial charge on any atom is -0.473 e. The van der Waals surface area contributed by atoms with Gasteiger partial charge in [0.25, 0.3) is 0 Å². The number of furan rings is 1. The van der Waals surface area contributed by atoms with Gasteiger partial charge in [-0.2, -0.15) is 0 Å². The summed E-state index contributed by atoms with van der Waals surface area (Å²) >= 11 is 0. The van der Waals surface area contributed by atoms with Gasteiger partial charge in [-0.1, -0.05) is 0 Å². The first-order valence-electron chi connectivity index (χ1n) is 2.60. The molecular weight excluding hydrogens is 120 g/mol. The smallest absolute Gasteiger partial charge is 0.0902 e. The van der Waals surface area contributed by atoms with Crippen molar-refractivity contribution in [2.24, 2.45) is 0 Å². The number of hydrogen-bond donors (Lipinski definition) is 2. The van der Waals surface area contributed by atoms with Crippen molar-refractivity contribution in [3.8, 4) is 0 Å². The van der Waals surface area contributed by atoms with Gasteiger partial charge in [-0.05, 0) is 12.1 Å². The summed E-state index contributed by atoms with van der Waals surface area (Å²) in [6.07, 6.45) is 3.25. The summed E-state index contributed by atoms with van der Waals surface area (Å²) in [6.45, 7) is -0.250. The van der Waals surface area contributed by atoms with Gasteiger partial charge < -0.3 is 14.6 Å². The Balaban J connectivity index is 0.000000148. The lowest BCUT2D eigenvalue weighted by Gasteiger charge is -1.70. The molecule has 2 N–H and O–H groups in total. The van der Waals surface area contributed by atoms with Gasteiger partial charge in [0, 0.05) is 0 Å². The summed E-state index contributed by atoms with van der Waals surface area (Å²) < 4.78 is 4.58. The minimum atomic E-state index is -0.125. The van der Waals surface area contributed by atoms with E-state index in [2.05, 4.69) is 4.42 Å². The molecule has 0 aliphatic rings. The fourth-order valence-electron chi connectivity index (χ4n) is 0.227. The number of aliphatic hydroxyl groups excluding tert-OH is 2. The zero-order valence-electron chi connectivity index (χ0n) is 5.03. The van der Waals surface area contributed by atoms with Crippen molar-refractivity contribution in [2.45, 2.75) is 0 Å². The van der Waals surface area contributed by atoms with Crippen LogP contribution < -0.4 is 0 Å². The second-order valence-electron chi connectivity index (χ2n) is 1.24. The van der Waals surface area contributed by atoms with Crippen LogP contribution in [0.15, 0.2) is 29.1 Å². The fraction of sp³-hybridized carbons (Fsp3) is 0.333. The Bertz CT molecular complexity index is 83.8. The molecule has 9 heavy (non-hydrogen) atoms. The van der Waals surface area contributed by atoms with Crippen LogP contribution in [0.5, 0.6) is 0 Å². The van der Waals surface area contributed by atoms with E-state index in [0.29, 0.717) is 0 Å². The number of hydrogen-bond acceptors (Lipinski definition) is 3. The molecule has 1 rings (SSSR count). The zero-order valence-corrected chi connectivity index (χ0v) is 5.03. The van der Waals surface area contributed by atoms with Crippen molar-refractivity contribution in [3.63, 3.8) is 0 Å². The van der Waals surface area contributed by atoms with E-state index in [-0.39, 0.29) is 13.2 Å². The molecular formula is C6H10O3. The summed E-state index contributed by atoms with van der Waals surface area (Å²) in [4.78, 5) is 0. The normalized spacial score (nSPS) is 7.78. The van der Waals surface area contributed by atoms with Crippen molar-refractivity contribution in [1.82, 2.24) is 0 Å². The van der Waals surface area contributed by atoms with E-state index < -0.39 is 0 Å². The Kier molecular flexibility index (Phi) is 6.56. The standard InChI is InChI=1S/C4H4O.C2H6O2/c1-2-4-5-3-1;3-1-2-4/h1-4H;3-4H,1-2H2. The molecule has 0 aliphatic carbocycles.